The molecular formula is C11H13FN2. The van der Waals surface area contributed by atoms with Gasteiger partial charge in [0, 0.05) is 19.5 Å². The Kier molecular flexibility index (Phi) is 2.48. The third-order valence-corrected chi connectivity index (χ3v) is 2.51. The van der Waals surface area contributed by atoms with Crippen molar-refractivity contribution in [2.75, 3.05) is 6.54 Å². The predicted octanol–water partition coefficient (Wildman–Crippen LogP) is 2.40. The maximum absolute atomic E-state index is 12.6. The van der Waals surface area contributed by atoms with Crippen molar-refractivity contribution in [2.24, 2.45) is 0 Å². The summed E-state index contributed by atoms with van der Waals surface area (Å²) in [5, 5.41) is 7.65. The first-order chi connectivity index (χ1) is 6.75. The fourth-order valence-corrected chi connectivity index (χ4v) is 1.72. The van der Waals surface area contributed by atoms with Gasteiger partial charge in [-0.05, 0) is 24.1 Å². The van der Waals surface area contributed by atoms with E-state index in [1.165, 1.54) is 12.1 Å². The van der Waals surface area contributed by atoms with Crippen LogP contribution in [-0.2, 0) is 6.54 Å². The number of hydrogen-bond donors (Lipinski definition) is 1. The monoisotopic (exact) mass is 192 g/mol. The molecule has 0 radical (unpaired) electrons. The minimum Gasteiger partial charge on any atom is -0.356 e. The van der Waals surface area contributed by atoms with Gasteiger partial charge in [0.25, 0.3) is 0 Å². The Labute approximate surface area is 82.9 Å². The van der Waals surface area contributed by atoms with Crippen LogP contribution in [0.3, 0.4) is 0 Å². The molecule has 0 aromatic heterocycles. The highest BCUT2D eigenvalue weighted by atomic mass is 19.1. The lowest BCUT2D eigenvalue weighted by molar-refractivity contribution is 0.445. The molecule has 0 aliphatic carbocycles. The Morgan fingerprint density at radius 3 is 2.57 bits per heavy atom. The van der Waals surface area contributed by atoms with E-state index in [0.717, 1.165) is 31.5 Å². The van der Waals surface area contributed by atoms with Gasteiger partial charge >= 0.3 is 0 Å². The molecule has 14 heavy (non-hydrogen) atoms. The highest BCUT2D eigenvalue weighted by molar-refractivity contribution is 5.80. The average molecular weight is 192 g/mol. The maximum atomic E-state index is 12.6. The molecule has 0 bridgehead atoms. The lowest BCUT2D eigenvalue weighted by atomic mass is 10.2. The van der Waals surface area contributed by atoms with Gasteiger partial charge in [-0.2, -0.15) is 0 Å². The molecule has 2 rings (SSSR count). The van der Waals surface area contributed by atoms with Crippen LogP contribution in [0.1, 0.15) is 18.4 Å². The van der Waals surface area contributed by atoms with E-state index in [1.54, 1.807) is 12.1 Å². The van der Waals surface area contributed by atoms with Crippen LogP contribution in [0.4, 0.5) is 4.39 Å². The van der Waals surface area contributed by atoms with E-state index < -0.39 is 0 Å². The topological polar surface area (TPSA) is 27.1 Å². The van der Waals surface area contributed by atoms with Crippen LogP contribution >= 0.6 is 0 Å². The summed E-state index contributed by atoms with van der Waals surface area (Å²) in [6, 6.07) is 6.49. The molecular weight excluding hydrogens is 179 g/mol. The molecule has 1 aromatic carbocycles. The predicted molar refractivity (Wildman–Crippen MR) is 53.8 cm³/mol. The first-order valence-corrected chi connectivity index (χ1v) is 4.82. The van der Waals surface area contributed by atoms with E-state index in [2.05, 4.69) is 0 Å². The smallest absolute Gasteiger partial charge is 0.123 e. The Morgan fingerprint density at radius 2 is 2.00 bits per heavy atom. The molecule has 1 fully saturated rings. The fraction of sp³-hybridized carbons (Fsp3) is 0.364. The summed E-state index contributed by atoms with van der Waals surface area (Å²) < 4.78 is 12.6. The van der Waals surface area contributed by atoms with Gasteiger partial charge in [-0.3, -0.25) is 5.41 Å². The number of likely N-dealkylation sites (tertiary alicyclic amines) is 1. The maximum Gasteiger partial charge on any atom is 0.123 e. The molecule has 3 heteroatoms. The third-order valence-electron chi connectivity index (χ3n) is 2.51. The van der Waals surface area contributed by atoms with Crippen molar-refractivity contribution in [1.29, 1.82) is 5.41 Å². The SMILES string of the molecule is N=C1CCCN1Cc1ccc(F)cc1. The Bertz CT molecular complexity index is 332. The van der Waals surface area contributed by atoms with Gasteiger partial charge in [-0.1, -0.05) is 12.1 Å². The van der Waals surface area contributed by atoms with Crippen LogP contribution in [-0.4, -0.2) is 17.3 Å². The number of nitrogens with one attached hydrogen (secondary N) is 1. The normalized spacial score (nSPS) is 16.4. The number of nitrogens with zero attached hydrogens (tertiary/aromatic N) is 1. The standard InChI is InChI=1S/C11H13FN2/c12-10-5-3-9(4-6-10)8-14-7-1-2-11(14)13/h3-6,13H,1-2,7-8H2. The second-order valence-corrected chi connectivity index (χ2v) is 3.60. The Hall–Kier alpha value is -1.38. The van der Waals surface area contributed by atoms with Crippen LogP contribution in [0.2, 0.25) is 0 Å². The lowest BCUT2D eigenvalue weighted by Gasteiger charge is -2.17. The molecule has 0 saturated carbocycles. The van der Waals surface area contributed by atoms with Crippen molar-refractivity contribution in [1.82, 2.24) is 4.90 Å². The minimum atomic E-state index is -0.203. The van der Waals surface area contributed by atoms with Gasteiger partial charge in [0.15, 0.2) is 0 Å². The summed E-state index contributed by atoms with van der Waals surface area (Å²) in [5.41, 5.74) is 1.07. The van der Waals surface area contributed by atoms with Crippen molar-refractivity contribution in [2.45, 2.75) is 19.4 Å². The summed E-state index contributed by atoms with van der Waals surface area (Å²) in [6.07, 6.45) is 1.95. The zero-order valence-electron chi connectivity index (χ0n) is 7.96. The number of rotatable bonds is 2. The van der Waals surface area contributed by atoms with E-state index in [9.17, 15) is 4.39 Å². The van der Waals surface area contributed by atoms with E-state index >= 15 is 0 Å². The zero-order valence-corrected chi connectivity index (χ0v) is 7.96. The van der Waals surface area contributed by atoms with Gasteiger partial charge < -0.3 is 4.90 Å². The van der Waals surface area contributed by atoms with Crippen molar-refractivity contribution >= 4 is 5.84 Å². The molecule has 0 amide bonds. The molecule has 1 aliphatic rings. The Balaban J connectivity index is 2.03. The number of benzene rings is 1. The van der Waals surface area contributed by atoms with Gasteiger partial charge in [0.1, 0.15) is 5.82 Å². The summed E-state index contributed by atoms with van der Waals surface area (Å²) in [4.78, 5) is 2.03. The van der Waals surface area contributed by atoms with Crippen molar-refractivity contribution in [3.05, 3.63) is 35.6 Å². The molecule has 1 aromatic rings. The second kappa shape index (κ2) is 3.78. The first kappa shape index (κ1) is 9.19. The molecule has 1 aliphatic heterocycles. The minimum absolute atomic E-state index is 0.203. The fourth-order valence-electron chi connectivity index (χ4n) is 1.72. The highest BCUT2D eigenvalue weighted by Gasteiger charge is 2.16. The number of amidine groups is 1. The third kappa shape index (κ3) is 1.92. The molecule has 0 unspecified atom stereocenters. The van der Waals surface area contributed by atoms with E-state index in [4.69, 9.17) is 5.41 Å². The highest BCUT2D eigenvalue weighted by Crippen LogP contribution is 2.14. The molecule has 0 atom stereocenters. The molecule has 2 nitrogen and oxygen atoms in total. The summed E-state index contributed by atoms with van der Waals surface area (Å²) in [5.74, 6) is 0.500. The molecule has 74 valence electrons. The van der Waals surface area contributed by atoms with Crippen molar-refractivity contribution in [3.63, 3.8) is 0 Å². The van der Waals surface area contributed by atoms with Crippen LogP contribution in [0.25, 0.3) is 0 Å². The van der Waals surface area contributed by atoms with Gasteiger partial charge in [-0.15, -0.1) is 0 Å². The van der Waals surface area contributed by atoms with Crippen LogP contribution < -0.4 is 0 Å². The first-order valence-electron chi connectivity index (χ1n) is 4.82. The van der Waals surface area contributed by atoms with E-state index in [0.29, 0.717) is 5.84 Å². The summed E-state index contributed by atoms with van der Waals surface area (Å²) >= 11 is 0. The van der Waals surface area contributed by atoms with Gasteiger partial charge in [0.2, 0.25) is 0 Å². The zero-order chi connectivity index (χ0) is 9.97. The molecule has 1 saturated heterocycles. The molecule has 0 spiro atoms. The van der Waals surface area contributed by atoms with Crippen LogP contribution in [0, 0.1) is 11.2 Å². The number of halogens is 1. The second-order valence-electron chi connectivity index (χ2n) is 3.60. The largest absolute Gasteiger partial charge is 0.356 e. The van der Waals surface area contributed by atoms with E-state index in [-0.39, 0.29) is 5.82 Å². The van der Waals surface area contributed by atoms with Gasteiger partial charge in [0.05, 0.1) is 5.84 Å². The van der Waals surface area contributed by atoms with Crippen LogP contribution in [0.5, 0.6) is 0 Å². The van der Waals surface area contributed by atoms with Crippen LogP contribution in [0.15, 0.2) is 24.3 Å². The quantitative estimate of drug-likeness (QED) is 0.765. The molecule has 1 heterocycles. The number of hydrogen-bond acceptors (Lipinski definition) is 1. The summed E-state index contributed by atoms with van der Waals surface area (Å²) in [6.45, 7) is 1.69. The summed E-state index contributed by atoms with van der Waals surface area (Å²) in [7, 11) is 0. The van der Waals surface area contributed by atoms with Crippen molar-refractivity contribution < 1.29 is 4.39 Å². The lowest BCUT2D eigenvalue weighted by Crippen LogP contribution is -2.23. The molecule has 1 N–H and O–H groups in total. The van der Waals surface area contributed by atoms with E-state index in [1.807, 2.05) is 4.90 Å². The van der Waals surface area contributed by atoms with Gasteiger partial charge in [-0.25, -0.2) is 4.39 Å². The average Bonchev–Trinajstić information content (AvgIpc) is 2.56. The van der Waals surface area contributed by atoms with Crippen molar-refractivity contribution in [3.8, 4) is 0 Å². The Morgan fingerprint density at radius 1 is 1.29 bits per heavy atom.